The zero-order valence-corrected chi connectivity index (χ0v) is 13.2. The van der Waals surface area contributed by atoms with E-state index in [1.54, 1.807) is 0 Å². The number of carbonyl (C=O) groups excluding carboxylic acids is 1. The molecule has 0 unspecified atom stereocenters. The molecule has 4 nitrogen and oxygen atoms in total. The van der Waals surface area contributed by atoms with Crippen LogP contribution < -0.4 is 5.43 Å². The van der Waals surface area contributed by atoms with Gasteiger partial charge in [0.15, 0.2) is 0 Å². The topological polar surface area (TPSA) is 54.4 Å². The summed E-state index contributed by atoms with van der Waals surface area (Å²) in [6.45, 7) is 2.07. The van der Waals surface area contributed by atoms with Gasteiger partial charge in [0.2, 0.25) is 5.91 Å². The lowest BCUT2D eigenvalue weighted by Gasteiger charge is -1.98. The highest BCUT2D eigenvalue weighted by Gasteiger charge is 2.10. The Morgan fingerprint density at radius 1 is 1.32 bits per heavy atom. The number of carbonyl (C=O) groups is 1. The maximum absolute atomic E-state index is 11.9. The largest absolute Gasteiger partial charge is 0.273 e. The minimum Gasteiger partial charge on any atom is -0.273 e. The number of hydrogen-bond donors (Lipinski definition) is 1. The van der Waals surface area contributed by atoms with E-state index in [9.17, 15) is 4.79 Å². The molecule has 0 aliphatic heterocycles. The van der Waals surface area contributed by atoms with Crippen LogP contribution in [0.5, 0.6) is 0 Å². The Morgan fingerprint density at radius 2 is 2.14 bits per heavy atom. The normalized spacial score (nSPS) is 15.9. The first-order valence-corrected chi connectivity index (χ1v) is 8.11. The summed E-state index contributed by atoms with van der Waals surface area (Å²) in [5.41, 5.74) is 6.84. The summed E-state index contributed by atoms with van der Waals surface area (Å²) >= 11 is 1.50. The van der Waals surface area contributed by atoms with Gasteiger partial charge in [0.05, 0.1) is 17.8 Å². The predicted octanol–water partition coefficient (Wildman–Crippen LogP) is 3.56. The van der Waals surface area contributed by atoms with E-state index in [4.69, 9.17) is 0 Å². The molecule has 0 bridgehead atoms. The molecular formula is C17H17N3OS. The van der Waals surface area contributed by atoms with Gasteiger partial charge in [0.1, 0.15) is 5.01 Å². The number of allylic oxidation sites excluding steroid dienone is 2. The van der Waals surface area contributed by atoms with Crippen molar-refractivity contribution in [1.29, 1.82) is 0 Å². The summed E-state index contributed by atoms with van der Waals surface area (Å²) in [6.07, 6.45) is 4.22. The van der Waals surface area contributed by atoms with Crippen molar-refractivity contribution in [2.45, 2.75) is 26.2 Å². The summed E-state index contributed by atoms with van der Waals surface area (Å²) in [5.74, 6) is -0.126. The Balaban J connectivity index is 1.60. The first kappa shape index (κ1) is 14.7. The Morgan fingerprint density at radius 3 is 2.86 bits per heavy atom. The van der Waals surface area contributed by atoms with E-state index in [1.165, 1.54) is 16.9 Å². The number of hydrazone groups is 1. The summed E-state index contributed by atoms with van der Waals surface area (Å²) in [4.78, 5) is 16.4. The van der Waals surface area contributed by atoms with Crippen LogP contribution in [-0.2, 0) is 11.2 Å². The molecule has 0 saturated carbocycles. The number of nitrogens with one attached hydrogen (secondary N) is 1. The van der Waals surface area contributed by atoms with Crippen molar-refractivity contribution in [1.82, 2.24) is 10.4 Å². The van der Waals surface area contributed by atoms with Crippen LogP contribution in [0.2, 0.25) is 0 Å². The van der Waals surface area contributed by atoms with Crippen LogP contribution in [0.3, 0.4) is 0 Å². The predicted molar refractivity (Wildman–Crippen MR) is 89.8 cm³/mol. The van der Waals surface area contributed by atoms with E-state index in [-0.39, 0.29) is 12.3 Å². The van der Waals surface area contributed by atoms with Gasteiger partial charge in [-0.05, 0) is 25.8 Å². The number of thiazole rings is 1. The molecule has 1 amide bonds. The third kappa shape index (κ3) is 3.68. The molecule has 3 rings (SSSR count). The minimum atomic E-state index is -0.126. The number of rotatable bonds is 4. The molecule has 1 aliphatic carbocycles. The molecule has 1 aromatic carbocycles. The smallest absolute Gasteiger partial charge is 0.246 e. The van der Waals surface area contributed by atoms with Crippen molar-refractivity contribution in [3.8, 4) is 11.3 Å². The number of amides is 1. The Hall–Kier alpha value is -2.27. The molecule has 1 N–H and O–H groups in total. The van der Waals surface area contributed by atoms with Gasteiger partial charge in [-0.3, -0.25) is 4.79 Å². The fourth-order valence-electron chi connectivity index (χ4n) is 2.29. The second-order valence-corrected chi connectivity index (χ2v) is 6.24. The molecule has 0 saturated heterocycles. The van der Waals surface area contributed by atoms with E-state index >= 15 is 0 Å². The van der Waals surface area contributed by atoms with E-state index < -0.39 is 0 Å². The number of aromatic nitrogens is 1. The van der Waals surface area contributed by atoms with Gasteiger partial charge in [-0.1, -0.05) is 35.9 Å². The molecule has 0 spiro atoms. The molecule has 2 aromatic rings. The Bertz CT molecular complexity index is 731. The monoisotopic (exact) mass is 311 g/mol. The third-order valence-electron chi connectivity index (χ3n) is 3.45. The highest BCUT2D eigenvalue weighted by Crippen LogP contribution is 2.21. The minimum absolute atomic E-state index is 0.126. The lowest BCUT2D eigenvalue weighted by molar-refractivity contribution is -0.120. The van der Waals surface area contributed by atoms with Crippen molar-refractivity contribution in [2.75, 3.05) is 0 Å². The molecule has 5 heteroatoms. The zero-order valence-electron chi connectivity index (χ0n) is 12.4. The van der Waals surface area contributed by atoms with E-state index in [0.29, 0.717) is 0 Å². The summed E-state index contributed by atoms with van der Waals surface area (Å²) in [7, 11) is 0. The van der Waals surface area contributed by atoms with Crippen LogP contribution >= 0.6 is 11.3 Å². The van der Waals surface area contributed by atoms with Crippen molar-refractivity contribution in [2.24, 2.45) is 5.10 Å². The third-order valence-corrected chi connectivity index (χ3v) is 4.29. The van der Waals surface area contributed by atoms with E-state index in [0.717, 1.165) is 34.8 Å². The standard InChI is InChI=1S/C17H17N3OS/c1-12-7-8-14(9-12)19-20-16(21)10-17-18-15(11-22-17)13-5-3-2-4-6-13/h2-6,9,11H,7-8,10H2,1H3,(H,20,21)/b19-14+. The van der Waals surface area contributed by atoms with Crippen LogP contribution in [0.25, 0.3) is 11.3 Å². The lowest BCUT2D eigenvalue weighted by Crippen LogP contribution is -2.20. The number of hydrogen-bond acceptors (Lipinski definition) is 4. The van der Waals surface area contributed by atoms with Gasteiger partial charge < -0.3 is 0 Å². The fraction of sp³-hybridized carbons (Fsp3) is 0.235. The molecule has 0 atom stereocenters. The first-order chi connectivity index (χ1) is 10.7. The highest BCUT2D eigenvalue weighted by molar-refractivity contribution is 7.10. The van der Waals surface area contributed by atoms with E-state index in [1.807, 2.05) is 41.8 Å². The maximum Gasteiger partial charge on any atom is 0.246 e. The second-order valence-electron chi connectivity index (χ2n) is 5.30. The van der Waals surface area contributed by atoms with Gasteiger partial charge >= 0.3 is 0 Å². The number of nitrogens with zero attached hydrogens (tertiary/aromatic N) is 2. The van der Waals surface area contributed by atoms with E-state index in [2.05, 4.69) is 22.4 Å². The highest BCUT2D eigenvalue weighted by atomic mass is 32.1. The van der Waals surface area contributed by atoms with Crippen molar-refractivity contribution >= 4 is 23.0 Å². The summed E-state index contributed by atoms with van der Waals surface area (Å²) < 4.78 is 0. The van der Waals surface area contributed by atoms with Crippen LogP contribution in [0.15, 0.2) is 52.5 Å². The molecule has 1 heterocycles. The van der Waals surface area contributed by atoms with Crippen molar-refractivity contribution < 1.29 is 4.79 Å². The Kier molecular flexibility index (Phi) is 4.44. The van der Waals surface area contributed by atoms with Gasteiger partial charge in [-0.2, -0.15) is 5.10 Å². The summed E-state index contributed by atoms with van der Waals surface area (Å²) in [6, 6.07) is 9.96. The van der Waals surface area contributed by atoms with Gasteiger partial charge in [0, 0.05) is 10.9 Å². The van der Waals surface area contributed by atoms with Crippen LogP contribution in [0.1, 0.15) is 24.8 Å². The maximum atomic E-state index is 11.9. The lowest BCUT2D eigenvalue weighted by atomic mass is 10.2. The van der Waals surface area contributed by atoms with Crippen molar-refractivity contribution in [3.63, 3.8) is 0 Å². The zero-order chi connectivity index (χ0) is 15.4. The molecule has 0 fully saturated rings. The first-order valence-electron chi connectivity index (χ1n) is 7.23. The number of benzene rings is 1. The molecule has 0 radical (unpaired) electrons. The SMILES string of the molecule is CC1=C/C(=N/NC(=O)Cc2nc(-c3ccccc3)cs2)CC1. The molecule has 1 aliphatic rings. The van der Waals surface area contributed by atoms with Gasteiger partial charge in [-0.25, -0.2) is 10.4 Å². The molecule has 1 aromatic heterocycles. The van der Waals surface area contributed by atoms with Crippen LogP contribution in [0, 0.1) is 0 Å². The average molecular weight is 311 g/mol. The summed E-state index contributed by atoms with van der Waals surface area (Å²) in [5, 5.41) is 6.93. The molecule has 112 valence electrons. The van der Waals surface area contributed by atoms with Crippen LogP contribution in [0.4, 0.5) is 0 Å². The van der Waals surface area contributed by atoms with Crippen molar-refractivity contribution in [3.05, 3.63) is 52.4 Å². The molecule has 22 heavy (non-hydrogen) atoms. The fourth-order valence-corrected chi connectivity index (χ4v) is 3.09. The average Bonchev–Trinajstić information content (AvgIpc) is 3.15. The second kappa shape index (κ2) is 6.66. The van der Waals surface area contributed by atoms with Gasteiger partial charge in [-0.15, -0.1) is 11.3 Å². The quantitative estimate of drug-likeness (QED) is 0.878. The van der Waals surface area contributed by atoms with Gasteiger partial charge in [0.25, 0.3) is 0 Å². The van der Waals surface area contributed by atoms with Crippen LogP contribution in [-0.4, -0.2) is 16.6 Å². The Labute approximate surface area is 133 Å². The molecular weight excluding hydrogens is 294 g/mol.